The van der Waals surface area contributed by atoms with Gasteiger partial charge in [-0.2, -0.15) is 0 Å². The zero-order valence-corrected chi connectivity index (χ0v) is 9.54. The molecule has 1 rings (SSSR count). The average Bonchev–Trinajstić information content (AvgIpc) is 2.02. The zero-order valence-electron chi connectivity index (χ0n) is 7.97. The van der Waals surface area contributed by atoms with E-state index in [9.17, 15) is 5.11 Å². The summed E-state index contributed by atoms with van der Waals surface area (Å²) < 4.78 is 0. The van der Waals surface area contributed by atoms with E-state index in [1.54, 1.807) is 25.6 Å². The summed E-state index contributed by atoms with van der Waals surface area (Å²) in [6, 6.07) is 5.59. The third kappa shape index (κ3) is 2.39. The highest BCUT2D eigenvalue weighted by Crippen LogP contribution is 2.34. The molecule has 1 nitrogen and oxygen atoms in total. The van der Waals surface area contributed by atoms with Gasteiger partial charge in [0, 0.05) is 4.90 Å². The molecule has 0 aliphatic rings. The van der Waals surface area contributed by atoms with E-state index in [1.165, 1.54) is 0 Å². The SMILES string of the molecule is CSc1c(Cl)cccc1C(C)(C)O. The molecule has 0 atom stereocenters. The first-order valence-electron chi connectivity index (χ1n) is 4.02. The lowest BCUT2D eigenvalue weighted by molar-refractivity contribution is 0.0758. The second kappa shape index (κ2) is 3.91. The molecule has 0 radical (unpaired) electrons. The van der Waals surface area contributed by atoms with Gasteiger partial charge >= 0.3 is 0 Å². The van der Waals surface area contributed by atoms with Crippen molar-refractivity contribution in [2.45, 2.75) is 24.3 Å². The van der Waals surface area contributed by atoms with Crippen LogP contribution in [0.2, 0.25) is 5.02 Å². The minimum absolute atomic E-state index is 0.701. The lowest BCUT2D eigenvalue weighted by atomic mass is 9.99. The van der Waals surface area contributed by atoms with E-state index in [-0.39, 0.29) is 0 Å². The van der Waals surface area contributed by atoms with E-state index < -0.39 is 5.60 Å². The van der Waals surface area contributed by atoms with Gasteiger partial charge in [0.2, 0.25) is 0 Å². The first-order valence-corrected chi connectivity index (χ1v) is 5.62. The molecule has 0 saturated heterocycles. The molecule has 72 valence electrons. The average molecular weight is 217 g/mol. The molecule has 0 heterocycles. The number of hydrogen-bond acceptors (Lipinski definition) is 2. The van der Waals surface area contributed by atoms with Crippen LogP contribution in [-0.2, 0) is 5.60 Å². The Morgan fingerprint density at radius 3 is 2.38 bits per heavy atom. The molecule has 0 bridgehead atoms. The van der Waals surface area contributed by atoms with Crippen LogP contribution in [0.25, 0.3) is 0 Å². The van der Waals surface area contributed by atoms with Gasteiger partial charge in [-0.25, -0.2) is 0 Å². The van der Waals surface area contributed by atoms with Crippen LogP contribution in [0.5, 0.6) is 0 Å². The normalized spacial score (nSPS) is 11.8. The summed E-state index contributed by atoms with van der Waals surface area (Å²) in [5, 5.41) is 10.6. The van der Waals surface area contributed by atoms with E-state index in [2.05, 4.69) is 0 Å². The molecule has 0 spiro atoms. The van der Waals surface area contributed by atoms with Crippen LogP contribution >= 0.6 is 23.4 Å². The molecule has 0 saturated carbocycles. The van der Waals surface area contributed by atoms with Crippen LogP contribution in [0.15, 0.2) is 23.1 Å². The standard InChI is InChI=1S/C10H13ClOS/c1-10(2,12)7-5-4-6-8(11)9(7)13-3/h4-6,12H,1-3H3. The molecule has 0 unspecified atom stereocenters. The summed E-state index contributed by atoms with van der Waals surface area (Å²) in [6.45, 7) is 3.52. The first kappa shape index (κ1) is 10.9. The van der Waals surface area contributed by atoms with Gasteiger partial charge in [-0.1, -0.05) is 23.7 Å². The van der Waals surface area contributed by atoms with Crippen molar-refractivity contribution in [1.82, 2.24) is 0 Å². The van der Waals surface area contributed by atoms with Crippen LogP contribution < -0.4 is 0 Å². The van der Waals surface area contributed by atoms with Crippen molar-refractivity contribution >= 4 is 23.4 Å². The van der Waals surface area contributed by atoms with Crippen molar-refractivity contribution in [3.63, 3.8) is 0 Å². The van der Waals surface area contributed by atoms with Crippen LogP contribution in [0.1, 0.15) is 19.4 Å². The fraction of sp³-hybridized carbons (Fsp3) is 0.400. The highest BCUT2D eigenvalue weighted by molar-refractivity contribution is 7.98. The van der Waals surface area contributed by atoms with Gasteiger partial charge in [0.1, 0.15) is 0 Å². The van der Waals surface area contributed by atoms with Crippen molar-refractivity contribution in [2.24, 2.45) is 0 Å². The maximum Gasteiger partial charge on any atom is 0.0851 e. The second-order valence-electron chi connectivity index (χ2n) is 3.38. The molecule has 13 heavy (non-hydrogen) atoms. The number of benzene rings is 1. The van der Waals surface area contributed by atoms with E-state index in [0.717, 1.165) is 10.5 Å². The number of rotatable bonds is 2. The Morgan fingerprint density at radius 1 is 1.38 bits per heavy atom. The molecule has 1 N–H and O–H groups in total. The fourth-order valence-electron chi connectivity index (χ4n) is 1.20. The van der Waals surface area contributed by atoms with Crippen LogP contribution in [-0.4, -0.2) is 11.4 Å². The van der Waals surface area contributed by atoms with Gasteiger partial charge in [0.05, 0.1) is 10.6 Å². The summed E-state index contributed by atoms with van der Waals surface area (Å²) in [4.78, 5) is 0.955. The number of aliphatic hydroxyl groups is 1. The third-order valence-corrected chi connectivity index (χ3v) is 3.11. The second-order valence-corrected chi connectivity index (χ2v) is 4.60. The summed E-state index contributed by atoms with van der Waals surface area (Å²) in [6.07, 6.45) is 1.95. The molecule has 3 heteroatoms. The van der Waals surface area contributed by atoms with Gasteiger partial charge in [-0.3, -0.25) is 0 Å². The van der Waals surface area contributed by atoms with Crippen LogP contribution in [0.4, 0.5) is 0 Å². The van der Waals surface area contributed by atoms with Gasteiger partial charge < -0.3 is 5.11 Å². The number of halogens is 1. The van der Waals surface area contributed by atoms with Crippen molar-refractivity contribution in [1.29, 1.82) is 0 Å². The maximum absolute atomic E-state index is 9.85. The van der Waals surface area contributed by atoms with Gasteiger partial charge in [0.15, 0.2) is 0 Å². The quantitative estimate of drug-likeness (QED) is 0.766. The predicted molar refractivity (Wildman–Crippen MR) is 58.5 cm³/mol. The fourth-order valence-corrected chi connectivity index (χ4v) is 2.40. The van der Waals surface area contributed by atoms with Crippen molar-refractivity contribution in [3.8, 4) is 0 Å². The number of hydrogen-bond donors (Lipinski definition) is 1. The van der Waals surface area contributed by atoms with E-state index in [4.69, 9.17) is 11.6 Å². The monoisotopic (exact) mass is 216 g/mol. The summed E-state index contributed by atoms with van der Waals surface area (Å²) in [5.41, 5.74) is 0.0518. The molecule has 1 aromatic carbocycles. The molecule has 0 amide bonds. The summed E-state index contributed by atoms with van der Waals surface area (Å²) >= 11 is 7.56. The molecule has 0 aliphatic heterocycles. The largest absolute Gasteiger partial charge is 0.386 e. The first-order chi connectivity index (χ1) is 5.96. The van der Waals surface area contributed by atoms with Crippen molar-refractivity contribution in [2.75, 3.05) is 6.26 Å². The highest BCUT2D eigenvalue weighted by Gasteiger charge is 2.20. The summed E-state index contributed by atoms with van der Waals surface area (Å²) in [7, 11) is 0. The third-order valence-electron chi connectivity index (χ3n) is 1.83. The van der Waals surface area contributed by atoms with Crippen LogP contribution in [0.3, 0.4) is 0 Å². The Morgan fingerprint density at radius 2 is 2.00 bits per heavy atom. The Kier molecular flexibility index (Phi) is 3.28. The molecule has 0 aromatic heterocycles. The predicted octanol–water partition coefficient (Wildman–Crippen LogP) is 3.29. The minimum atomic E-state index is -0.830. The molecule has 1 aromatic rings. The highest BCUT2D eigenvalue weighted by atomic mass is 35.5. The van der Waals surface area contributed by atoms with E-state index >= 15 is 0 Å². The van der Waals surface area contributed by atoms with Crippen molar-refractivity contribution in [3.05, 3.63) is 28.8 Å². The van der Waals surface area contributed by atoms with Crippen molar-refractivity contribution < 1.29 is 5.11 Å². The molecule has 0 aliphatic carbocycles. The van der Waals surface area contributed by atoms with E-state index in [0.29, 0.717) is 5.02 Å². The summed E-state index contributed by atoms with van der Waals surface area (Å²) in [5.74, 6) is 0. The minimum Gasteiger partial charge on any atom is -0.386 e. The molecular formula is C10H13ClOS. The molecule has 0 fully saturated rings. The Balaban J connectivity index is 3.29. The van der Waals surface area contributed by atoms with E-state index in [1.807, 2.05) is 24.5 Å². The topological polar surface area (TPSA) is 20.2 Å². The Hall–Kier alpha value is -0.180. The lowest BCUT2D eigenvalue weighted by Gasteiger charge is -2.21. The van der Waals surface area contributed by atoms with Gasteiger partial charge in [0.25, 0.3) is 0 Å². The zero-order chi connectivity index (χ0) is 10.1. The number of thioether (sulfide) groups is 1. The van der Waals surface area contributed by atoms with Gasteiger partial charge in [-0.15, -0.1) is 11.8 Å². The smallest absolute Gasteiger partial charge is 0.0851 e. The maximum atomic E-state index is 9.85. The lowest BCUT2D eigenvalue weighted by Crippen LogP contribution is -2.16. The van der Waals surface area contributed by atoms with Crippen LogP contribution in [0, 0.1) is 0 Å². The van der Waals surface area contributed by atoms with Gasteiger partial charge in [-0.05, 0) is 31.7 Å². The molecular weight excluding hydrogens is 204 g/mol. The Bertz CT molecular complexity index is 304. The Labute approximate surface area is 88.1 Å².